The van der Waals surface area contributed by atoms with Gasteiger partial charge in [0.25, 0.3) is 0 Å². The molecule has 0 aliphatic carbocycles. The number of nitrogens with one attached hydrogen (secondary N) is 1. The maximum Gasteiger partial charge on any atom is 0.320 e. The summed E-state index contributed by atoms with van der Waals surface area (Å²) in [5.74, 6) is -0.471. The van der Waals surface area contributed by atoms with Crippen molar-refractivity contribution < 1.29 is 14.7 Å². The topological polar surface area (TPSA) is 69.6 Å². The van der Waals surface area contributed by atoms with Gasteiger partial charge in [-0.1, -0.05) is 20.3 Å². The number of hydrogen-bond donors (Lipinski definition) is 2. The summed E-state index contributed by atoms with van der Waals surface area (Å²) in [6, 6.07) is -0.902. The molecule has 0 bridgehead atoms. The lowest BCUT2D eigenvalue weighted by molar-refractivity contribution is -0.148. The Bertz CT molecular complexity index is 320. The molecular weight excluding hydrogens is 244 g/mol. The van der Waals surface area contributed by atoms with Gasteiger partial charge >= 0.3 is 5.97 Å². The first kappa shape index (κ1) is 16.0. The van der Waals surface area contributed by atoms with Crippen LogP contribution in [-0.2, 0) is 9.59 Å². The second-order valence-electron chi connectivity index (χ2n) is 5.54. The molecule has 1 heterocycles. The minimum atomic E-state index is -0.820. The minimum absolute atomic E-state index is 0.0609. The van der Waals surface area contributed by atoms with Crippen LogP contribution in [0.2, 0.25) is 0 Å². The first-order valence-electron chi connectivity index (χ1n) is 7.23. The fourth-order valence-electron chi connectivity index (χ4n) is 2.55. The first-order chi connectivity index (χ1) is 8.97. The summed E-state index contributed by atoms with van der Waals surface area (Å²) in [4.78, 5) is 25.2. The molecule has 1 saturated heterocycles. The van der Waals surface area contributed by atoms with Gasteiger partial charge in [0, 0.05) is 13.1 Å². The number of piperidine rings is 1. The van der Waals surface area contributed by atoms with Gasteiger partial charge in [0.15, 0.2) is 0 Å². The third-order valence-electron chi connectivity index (χ3n) is 3.90. The van der Waals surface area contributed by atoms with E-state index in [1.165, 1.54) is 0 Å². The van der Waals surface area contributed by atoms with E-state index in [1.54, 1.807) is 6.92 Å². The third kappa shape index (κ3) is 4.49. The highest BCUT2D eigenvalue weighted by Gasteiger charge is 2.36. The molecule has 0 aromatic carbocycles. The molecule has 0 radical (unpaired) electrons. The van der Waals surface area contributed by atoms with E-state index in [1.807, 2.05) is 4.90 Å². The predicted octanol–water partition coefficient (Wildman–Crippen LogP) is 1.48. The molecule has 5 heteroatoms. The van der Waals surface area contributed by atoms with E-state index in [4.69, 9.17) is 0 Å². The number of amides is 1. The van der Waals surface area contributed by atoms with Gasteiger partial charge in [-0.25, -0.2) is 0 Å². The van der Waals surface area contributed by atoms with E-state index in [0.29, 0.717) is 25.4 Å². The van der Waals surface area contributed by atoms with E-state index in [2.05, 4.69) is 19.2 Å². The van der Waals surface area contributed by atoms with Crippen molar-refractivity contribution in [3.8, 4) is 0 Å². The number of nitrogens with zero attached hydrogens (tertiary/aromatic N) is 1. The van der Waals surface area contributed by atoms with Gasteiger partial charge in [-0.15, -0.1) is 0 Å². The standard InChI is InChI=1S/C14H26N2O3/c1-4-5-7-15-13(17)11(3)16-8-6-10(2)9-12(16)14(18)19/h10-12H,4-9H2,1-3H3,(H,15,17)(H,18,19). The van der Waals surface area contributed by atoms with E-state index in [9.17, 15) is 14.7 Å². The molecule has 110 valence electrons. The van der Waals surface area contributed by atoms with Gasteiger partial charge in [-0.3, -0.25) is 14.5 Å². The summed E-state index contributed by atoms with van der Waals surface area (Å²) < 4.78 is 0. The number of carboxylic acid groups (broad SMARTS) is 1. The van der Waals surface area contributed by atoms with Crippen molar-refractivity contribution in [1.82, 2.24) is 10.2 Å². The monoisotopic (exact) mass is 270 g/mol. The number of carbonyl (C=O) groups is 2. The van der Waals surface area contributed by atoms with Crippen molar-refractivity contribution in [2.45, 2.75) is 58.5 Å². The molecule has 0 aromatic heterocycles. The molecule has 1 fully saturated rings. The average Bonchev–Trinajstić information content (AvgIpc) is 2.38. The van der Waals surface area contributed by atoms with Gasteiger partial charge in [-0.2, -0.15) is 0 Å². The van der Waals surface area contributed by atoms with Gasteiger partial charge in [0.1, 0.15) is 6.04 Å². The summed E-state index contributed by atoms with van der Waals surface area (Å²) in [7, 11) is 0. The van der Waals surface area contributed by atoms with Crippen LogP contribution in [0.15, 0.2) is 0 Å². The average molecular weight is 270 g/mol. The highest BCUT2D eigenvalue weighted by molar-refractivity contribution is 5.82. The molecule has 2 N–H and O–H groups in total. The number of carbonyl (C=O) groups excluding carboxylic acids is 1. The van der Waals surface area contributed by atoms with Crippen LogP contribution in [0.25, 0.3) is 0 Å². The van der Waals surface area contributed by atoms with Crippen LogP contribution in [0.3, 0.4) is 0 Å². The molecule has 1 aliphatic rings. The predicted molar refractivity (Wildman–Crippen MR) is 73.9 cm³/mol. The van der Waals surface area contributed by atoms with Crippen molar-refractivity contribution in [3.63, 3.8) is 0 Å². The minimum Gasteiger partial charge on any atom is -0.480 e. The lowest BCUT2D eigenvalue weighted by Gasteiger charge is -2.39. The van der Waals surface area contributed by atoms with Crippen LogP contribution in [0.4, 0.5) is 0 Å². The summed E-state index contributed by atoms with van der Waals surface area (Å²) >= 11 is 0. The number of unbranched alkanes of at least 4 members (excludes halogenated alkanes) is 1. The fraction of sp³-hybridized carbons (Fsp3) is 0.857. The lowest BCUT2D eigenvalue weighted by Crippen LogP contribution is -2.55. The quantitative estimate of drug-likeness (QED) is 0.717. The number of carboxylic acids is 1. The molecule has 3 unspecified atom stereocenters. The van der Waals surface area contributed by atoms with Crippen LogP contribution in [-0.4, -0.2) is 47.1 Å². The molecule has 1 rings (SSSR count). The molecule has 1 aliphatic heterocycles. The van der Waals surface area contributed by atoms with Crippen molar-refractivity contribution in [1.29, 1.82) is 0 Å². The maximum atomic E-state index is 12.0. The van der Waals surface area contributed by atoms with Crippen molar-refractivity contribution in [2.24, 2.45) is 5.92 Å². The Morgan fingerprint density at radius 3 is 2.74 bits per heavy atom. The Labute approximate surface area is 115 Å². The molecule has 0 spiro atoms. The molecule has 3 atom stereocenters. The normalized spacial score (nSPS) is 25.8. The second-order valence-corrected chi connectivity index (χ2v) is 5.54. The molecule has 5 nitrogen and oxygen atoms in total. The number of rotatable bonds is 6. The van der Waals surface area contributed by atoms with Crippen LogP contribution < -0.4 is 5.32 Å². The van der Waals surface area contributed by atoms with E-state index in [-0.39, 0.29) is 11.9 Å². The maximum absolute atomic E-state index is 12.0. The summed E-state index contributed by atoms with van der Waals surface area (Å²) in [5, 5.41) is 12.2. The van der Waals surface area contributed by atoms with Gasteiger partial charge in [0.05, 0.1) is 6.04 Å². The summed E-state index contributed by atoms with van der Waals surface area (Å²) in [6.45, 7) is 7.29. The molecule has 19 heavy (non-hydrogen) atoms. The molecule has 0 saturated carbocycles. The number of aliphatic carboxylic acids is 1. The largest absolute Gasteiger partial charge is 0.480 e. The molecular formula is C14H26N2O3. The van der Waals surface area contributed by atoms with Crippen LogP contribution >= 0.6 is 0 Å². The second kappa shape index (κ2) is 7.48. The Morgan fingerprint density at radius 1 is 1.47 bits per heavy atom. The molecule has 0 aromatic rings. The summed E-state index contributed by atoms with van der Waals surface area (Å²) in [5.41, 5.74) is 0. The van der Waals surface area contributed by atoms with E-state index >= 15 is 0 Å². The SMILES string of the molecule is CCCCNC(=O)C(C)N1CCC(C)CC1C(=O)O. The van der Waals surface area contributed by atoms with Crippen LogP contribution in [0, 0.1) is 5.92 Å². The third-order valence-corrected chi connectivity index (χ3v) is 3.90. The smallest absolute Gasteiger partial charge is 0.320 e. The Balaban J connectivity index is 2.59. The van der Waals surface area contributed by atoms with E-state index in [0.717, 1.165) is 19.3 Å². The number of hydrogen-bond acceptors (Lipinski definition) is 3. The van der Waals surface area contributed by atoms with Crippen molar-refractivity contribution in [3.05, 3.63) is 0 Å². The molecule has 1 amide bonds. The Kier molecular flexibility index (Phi) is 6.28. The first-order valence-corrected chi connectivity index (χ1v) is 7.23. The van der Waals surface area contributed by atoms with Crippen molar-refractivity contribution in [2.75, 3.05) is 13.1 Å². The highest BCUT2D eigenvalue weighted by Crippen LogP contribution is 2.24. The zero-order chi connectivity index (χ0) is 14.4. The van der Waals surface area contributed by atoms with Crippen LogP contribution in [0.1, 0.15) is 46.5 Å². The van der Waals surface area contributed by atoms with Crippen molar-refractivity contribution >= 4 is 11.9 Å². The van der Waals surface area contributed by atoms with Crippen LogP contribution in [0.5, 0.6) is 0 Å². The zero-order valence-corrected chi connectivity index (χ0v) is 12.2. The number of likely N-dealkylation sites (tertiary alicyclic amines) is 1. The zero-order valence-electron chi connectivity index (χ0n) is 12.2. The van der Waals surface area contributed by atoms with Gasteiger partial charge in [0.2, 0.25) is 5.91 Å². The Morgan fingerprint density at radius 2 is 2.16 bits per heavy atom. The van der Waals surface area contributed by atoms with Gasteiger partial charge in [-0.05, 0) is 32.1 Å². The van der Waals surface area contributed by atoms with Gasteiger partial charge < -0.3 is 10.4 Å². The fourth-order valence-corrected chi connectivity index (χ4v) is 2.55. The lowest BCUT2D eigenvalue weighted by atomic mass is 9.91. The summed E-state index contributed by atoms with van der Waals surface area (Å²) in [6.07, 6.45) is 3.57. The highest BCUT2D eigenvalue weighted by atomic mass is 16.4. The Hall–Kier alpha value is -1.10. The van der Waals surface area contributed by atoms with E-state index < -0.39 is 12.0 Å².